The molecule has 2 heterocycles. The first-order chi connectivity index (χ1) is 8.65. The van der Waals surface area contributed by atoms with Gasteiger partial charge in [0.05, 0.1) is 12.6 Å². The first-order valence-corrected chi connectivity index (χ1v) is 6.63. The molecule has 3 unspecified atom stereocenters. The van der Waals surface area contributed by atoms with Gasteiger partial charge in [0.2, 0.25) is 5.91 Å². The van der Waals surface area contributed by atoms with Crippen molar-refractivity contribution in [1.82, 2.24) is 5.32 Å². The average molecular weight is 253 g/mol. The van der Waals surface area contributed by atoms with E-state index >= 15 is 0 Å². The van der Waals surface area contributed by atoms with Gasteiger partial charge in [0.1, 0.15) is 0 Å². The summed E-state index contributed by atoms with van der Waals surface area (Å²) in [5, 5.41) is 12.4. The first-order valence-electron chi connectivity index (χ1n) is 6.63. The predicted octanol–water partition coefficient (Wildman–Crippen LogP) is 0.683. The maximum Gasteiger partial charge on any atom is 0.250 e. The van der Waals surface area contributed by atoms with Crippen molar-refractivity contribution in [3.8, 4) is 0 Å². The molecule has 4 atom stereocenters. The highest BCUT2D eigenvalue weighted by Crippen LogP contribution is 2.33. The predicted molar refractivity (Wildman–Crippen MR) is 63.4 cm³/mol. The zero-order valence-electron chi connectivity index (χ0n) is 10.5. The molecule has 3 aliphatic rings. The normalized spacial score (nSPS) is 39.3. The molecule has 5 heteroatoms. The number of rotatable bonds is 3. The third-order valence-electron chi connectivity index (χ3n) is 4.08. The van der Waals surface area contributed by atoms with Gasteiger partial charge in [0.25, 0.3) is 0 Å². The van der Waals surface area contributed by atoms with Crippen molar-refractivity contribution in [2.45, 2.75) is 51.2 Å². The fourth-order valence-corrected chi connectivity index (χ4v) is 2.96. The molecule has 0 aromatic rings. The van der Waals surface area contributed by atoms with Crippen molar-refractivity contribution >= 4 is 5.91 Å². The summed E-state index contributed by atoms with van der Waals surface area (Å²) in [6.45, 7) is 2.22. The highest BCUT2D eigenvalue weighted by atomic mass is 16.7. The Hall–Kier alpha value is -0.910. The highest BCUT2D eigenvalue weighted by Gasteiger charge is 2.36. The monoisotopic (exact) mass is 253 g/mol. The van der Waals surface area contributed by atoms with Gasteiger partial charge in [-0.3, -0.25) is 4.79 Å². The lowest BCUT2D eigenvalue weighted by atomic mass is 10.1. The van der Waals surface area contributed by atoms with Crippen molar-refractivity contribution in [2.75, 3.05) is 6.61 Å². The zero-order chi connectivity index (χ0) is 12.7. The van der Waals surface area contributed by atoms with E-state index in [1.54, 1.807) is 0 Å². The van der Waals surface area contributed by atoms with Crippen molar-refractivity contribution in [1.29, 1.82) is 0 Å². The van der Waals surface area contributed by atoms with E-state index in [0.717, 1.165) is 24.8 Å². The Kier molecular flexibility index (Phi) is 3.13. The SMILES string of the molecule is CC1CC(OCC2=C3CCC[C@H]3NC2=O)OC1O. The second kappa shape index (κ2) is 4.64. The number of amides is 1. The summed E-state index contributed by atoms with van der Waals surface area (Å²) in [5.41, 5.74) is 1.99. The van der Waals surface area contributed by atoms with Crippen molar-refractivity contribution in [3.05, 3.63) is 11.1 Å². The van der Waals surface area contributed by atoms with Crippen molar-refractivity contribution in [3.63, 3.8) is 0 Å². The minimum atomic E-state index is -0.746. The summed E-state index contributed by atoms with van der Waals surface area (Å²) in [4.78, 5) is 11.8. The van der Waals surface area contributed by atoms with E-state index in [4.69, 9.17) is 9.47 Å². The number of ether oxygens (including phenoxy) is 2. The van der Waals surface area contributed by atoms with Gasteiger partial charge in [-0.1, -0.05) is 6.92 Å². The van der Waals surface area contributed by atoms with Crippen molar-refractivity contribution in [2.24, 2.45) is 5.92 Å². The number of nitrogens with one attached hydrogen (secondary N) is 1. The summed E-state index contributed by atoms with van der Waals surface area (Å²) >= 11 is 0. The Morgan fingerprint density at radius 2 is 2.39 bits per heavy atom. The Morgan fingerprint density at radius 3 is 3.11 bits per heavy atom. The molecule has 2 aliphatic heterocycles. The van der Waals surface area contributed by atoms with Crippen LogP contribution in [-0.2, 0) is 14.3 Å². The minimum absolute atomic E-state index is 0.00120. The molecule has 3 rings (SSSR count). The molecule has 2 N–H and O–H groups in total. The van der Waals surface area contributed by atoms with E-state index in [9.17, 15) is 9.90 Å². The van der Waals surface area contributed by atoms with Gasteiger partial charge in [0, 0.05) is 17.9 Å². The Morgan fingerprint density at radius 1 is 1.56 bits per heavy atom. The Balaban J connectivity index is 1.60. The van der Waals surface area contributed by atoms with Gasteiger partial charge >= 0.3 is 0 Å². The van der Waals surface area contributed by atoms with Crippen LogP contribution in [0, 0.1) is 5.92 Å². The number of aliphatic hydroxyl groups excluding tert-OH is 1. The van der Waals surface area contributed by atoms with Crippen LogP contribution < -0.4 is 5.32 Å². The van der Waals surface area contributed by atoms with Gasteiger partial charge in [-0.15, -0.1) is 0 Å². The van der Waals surface area contributed by atoms with Crippen LogP contribution in [0.15, 0.2) is 11.1 Å². The number of aliphatic hydroxyl groups is 1. The average Bonchev–Trinajstić information content (AvgIpc) is 2.94. The molecule has 0 radical (unpaired) electrons. The van der Waals surface area contributed by atoms with Crippen molar-refractivity contribution < 1.29 is 19.4 Å². The number of fused-ring (bicyclic) bond motifs is 1. The number of hydrogen-bond donors (Lipinski definition) is 2. The molecule has 0 bridgehead atoms. The molecule has 100 valence electrons. The molecule has 1 saturated carbocycles. The van der Waals surface area contributed by atoms with Gasteiger partial charge in [-0.2, -0.15) is 0 Å². The highest BCUT2D eigenvalue weighted by molar-refractivity contribution is 5.98. The lowest BCUT2D eigenvalue weighted by Crippen LogP contribution is -2.27. The molecule has 5 nitrogen and oxygen atoms in total. The molecule has 2 fully saturated rings. The number of hydrogen-bond acceptors (Lipinski definition) is 4. The largest absolute Gasteiger partial charge is 0.368 e. The zero-order valence-corrected chi connectivity index (χ0v) is 10.5. The van der Waals surface area contributed by atoms with Crippen LogP contribution in [0.5, 0.6) is 0 Å². The number of carbonyl (C=O) groups excluding carboxylic acids is 1. The van der Waals surface area contributed by atoms with Crippen LogP contribution >= 0.6 is 0 Å². The van der Waals surface area contributed by atoms with Crippen LogP contribution in [-0.4, -0.2) is 36.2 Å². The van der Waals surface area contributed by atoms with Crippen LogP contribution in [0.1, 0.15) is 32.6 Å². The van der Waals surface area contributed by atoms with Gasteiger partial charge < -0.3 is 19.9 Å². The lowest BCUT2D eigenvalue weighted by molar-refractivity contribution is -0.186. The van der Waals surface area contributed by atoms with E-state index in [0.29, 0.717) is 13.0 Å². The summed E-state index contributed by atoms with van der Waals surface area (Å²) in [7, 11) is 0. The van der Waals surface area contributed by atoms with E-state index in [-0.39, 0.29) is 17.9 Å². The summed E-state index contributed by atoms with van der Waals surface area (Å²) in [6, 6.07) is 0.241. The summed E-state index contributed by atoms with van der Waals surface area (Å²) in [5.74, 6) is 0.0885. The molecule has 1 saturated heterocycles. The first kappa shape index (κ1) is 12.1. The quantitative estimate of drug-likeness (QED) is 0.776. The smallest absolute Gasteiger partial charge is 0.250 e. The number of carbonyl (C=O) groups is 1. The van der Waals surface area contributed by atoms with Crippen LogP contribution in [0.2, 0.25) is 0 Å². The molecule has 1 aliphatic carbocycles. The minimum Gasteiger partial charge on any atom is -0.368 e. The Labute approximate surface area is 106 Å². The van der Waals surface area contributed by atoms with E-state index in [1.165, 1.54) is 5.57 Å². The molecule has 1 amide bonds. The van der Waals surface area contributed by atoms with E-state index in [2.05, 4.69) is 5.32 Å². The second-order valence-corrected chi connectivity index (χ2v) is 5.40. The lowest BCUT2D eigenvalue weighted by Gasteiger charge is -2.12. The fraction of sp³-hybridized carbons (Fsp3) is 0.769. The standard InChI is InChI=1S/C13H19NO4/c1-7-5-11(18-13(7)16)17-6-9-8-3-2-4-10(8)14-12(9)15/h7,10-11,13,16H,2-6H2,1H3,(H,14,15)/t7?,10-,11?,13?/m1/s1. The van der Waals surface area contributed by atoms with E-state index in [1.807, 2.05) is 6.92 Å². The van der Waals surface area contributed by atoms with Crippen LogP contribution in [0.25, 0.3) is 0 Å². The van der Waals surface area contributed by atoms with Gasteiger partial charge in [-0.25, -0.2) is 0 Å². The summed E-state index contributed by atoms with van der Waals surface area (Å²) in [6.07, 6.45) is 2.71. The van der Waals surface area contributed by atoms with E-state index < -0.39 is 12.6 Å². The van der Waals surface area contributed by atoms with Gasteiger partial charge in [0.15, 0.2) is 12.6 Å². The molecule has 0 spiro atoms. The summed E-state index contributed by atoms with van der Waals surface area (Å²) < 4.78 is 10.9. The maximum atomic E-state index is 11.8. The maximum absolute atomic E-state index is 11.8. The molecular weight excluding hydrogens is 234 g/mol. The third-order valence-corrected chi connectivity index (χ3v) is 4.08. The van der Waals surface area contributed by atoms with Crippen LogP contribution in [0.3, 0.4) is 0 Å². The fourth-order valence-electron chi connectivity index (χ4n) is 2.96. The second-order valence-electron chi connectivity index (χ2n) is 5.40. The molecule has 18 heavy (non-hydrogen) atoms. The molecule has 0 aromatic carbocycles. The molecule has 0 aromatic heterocycles. The van der Waals surface area contributed by atoms with Gasteiger partial charge in [-0.05, 0) is 24.8 Å². The third kappa shape index (κ3) is 2.06. The Bertz CT molecular complexity index is 382. The topological polar surface area (TPSA) is 67.8 Å². The molecular formula is C13H19NO4. The van der Waals surface area contributed by atoms with Crippen LogP contribution in [0.4, 0.5) is 0 Å².